The predicted octanol–water partition coefficient (Wildman–Crippen LogP) is 2.47. The van der Waals surface area contributed by atoms with Crippen LogP contribution in [0.4, 0.5) is 16.3 Å². The summed E-state index contributed by atoms with van der Waals surface area (Å²) < 4.78 is 5.19. The van der Waals surface area contributed by atoms with E-state index in [1.54, 1.807) is 26.8 Å². The Labute approximate surface area is 145 Å². The highest BCUT2D eigenvalue weighted by Gasteiger charge is 2.29. The molecule has 1 aromatic rings. The average Bonchev–Trinajstić information content (AvgIpc) is 2.42. The van der Waals surface area contributed by atoms with E-state index in [0.717, 1.165) is 0 Å². The molecule has 1 N–H and O–H groups in total. The normalized spacial score (nSPS) is 11.0. The number of rotatable bonds is 5. The van der Waals surface area contributed by atoms with Crippen LogP contribution in [0.5, 0.6) is 0 Å². The SMILES string of the molecule is Cc1nc(C#N)nc(N(CC(C)C)NC(=O)OC(C)(C)C)c1[N+](=O)[O-]. The molecule has 0 aliphatic rings. The molecule has 1 aromatic heterocycles. The summed E-state index contributed by atoms with van der Waals surface area (Å²) in [5.74, 6) is -0.346. The standard InChI is InChI=1S/C15H22N6O4/c1-9(2)8-20(19-14(22)25-15(4,5)6)13-12(21(23)24)10(3)17-11(7-16)18-13/h9H,8H2,1-6H3,(H,19,22). The molecule has 10 nitrogen and oxygen atoms in total. The molecule has 0 unspecified atom stereocenters. The fourth-order valence-corrected chi connectivity index (χ4v) is 1.97. The molecule has 25 heavy (non-hydrogen) atoms. The predicted molar refractivity (Wildman–Crippen MR) is 89.7 cm³/mol. The number of nitriles is 1. The van der Waals surface area contributed by atoms with Crippen molar-refractivity contribution in [3.8, 4) is 6.07 Å². The molecular formula is C15H22N6O4. The number of hydrogen-bond acceptors (Lipinski definition) is 8. The van der Waals surface area contributed by atoms with Gasteiger partial charge in [-0.25, -0.2) is 15.2 Å². The Kier molecular flexibility index (Phi) is 6.22. The van der Waals surface area contributed by atoms with Gasteiger partial charge in [-0.2, -0.15) is 10.2 Å². The molecule has 1 rings (SSSR count). The minimum Gasteiger partial charge on any atom is -0.443 e. The van der Waals surface area contributed by atoms with E-state index in [0.29, 0.717) is 0 Å². The van der Waals surface area contributed by atoms with Crippen molar-refractivity contribution < 1.29 is 14.5 Å². The average molecular weight is 350 g/mol. The summed E-state index contributed by atoms with van der Waals surface area (Å²) in [7, 11) is 0. The minimum atomic E-state index is -0.780. The number of nitrogens with zero attached hydrogens (tertiary/aromatic N) is 5. The van der Waals surface area contributed by atoms with Gasteiger partial charge in [0.25, 0.3) is 0 Å². The van der Waals surface area contributed by atoms with Crippen LogP contribution < -0.4 is 10.4 Å². The highest BCUT2D eigenvalue weighted by atomic mass is 16.6. The highest BCUT2D eigenvalue weighted by Crippen LogP contribution is 2.28. The molecule has 0 spiro atoms. The summed E-state index contributed by atoms with van der Waals surface area (Å²) in [5.41, 5.74) is 1.38. The molecule has 0 saturated heterocycles. The molecule has 0 fully saturated rings. The Morgan fingerprint density at radius 3 is 2.48 bits per heavy atom. The van der Waals surface area contributed by atoms with Crippen LogP contribution in [0.1, 0.15) is 46.1 Å². The van der Waals surface area contributed by atoms with E-state index < -0.39 is 16.6 Å². The smallest absolute Gasteiger partial charge is 0.426 e. The van der Waals surface area contributed by atoms with Crippen LogP contribution in [-0.2, 0) is 4.74 Å². The topological polar surface area (TPSA) is 134 Å². The number of carbonyl (C=O) groups is 1. The number of aromatic nitrogens is 2. The van der Waals surface area contributed by atoms with Crippen molar-refractivity contribution in [3.63, 3.8) is 0 Å². The van der Waals surface area contributed by atoms with Crippen LogP contribution >= 0.6 is 0 Å². The fraction of sp³-hybridized carbons (Fsp3) is 0.600. The van der Waals surface area contributed by atoms with Crippen LogP contribution in [0.2, 0.25) is 0 Å². The largest absolute Gasteiger partial charge is 0.443 e. The quantitative estimate of drug-likeness (QED) is 0.632. The molecule has 136 valence electrons. The maximum absolute atomic E-state index is 12.1. The van der Waals surface area contributed by atoms with Crippen molar-refractivity contribution in [1.29, 1.82) is 5.26 Å². The van der Waals surface area contributed by atoms with Gasteiger partial charge in [0.2, 0.25) is 11.6 Å². The second kappa shape index (κ2) is 7.74. The monoisotopic (exact) mass is 350 g/mol. The lowest BCUT2D eigenvalue weighted by Crippen LogP contribution is -2.47. The minimum absolute atomic E-state index is 0.0336. The molecule has 10 heteroatoms. The molecule has 0 bridgehead atoms. The number of amides is 1. The van der Waals surface area contributed by atoms with Gasteiger partial charge in [-0.05, 0) is 33.6 Å². The van der Waals surface area contributed by atoms with E-state index in [1.165, 1.54) is 11.9 Å². The van der Waals surface area contributed by atoms with Crippen LogP contribution in [0.3, 0.4) is 0 Å². The molecule has 0 radical (unpaired) electrons. The zero-order valence-corrected chi connectivity index (χ0v) is 15.2. The zero-order valence-electron chi connectivity index (χ0n) is 15.2. The van der Waals surface area contributed by atoms with Crippen LogP contribution in [0, 0.1) is 34.3 Å². The first kappa shape index (κ1) is 20.1. The second-order valence-electron chi connectivity index (χ2n) is 6.79. The Bertz CT molecular complexity index is 705. The lowest BCUT2D eigenvalue weighted by molar-refractivity contribution is -0.385. The van der Waals surface area contributed by atoms with Gasteiger partial charge in [-0.3, -0.25) is 15.1 Å². The third-order valence-electron chi connectivity index (χ3n) is 2.75. The molecule has 1 heterocycles. The van der Waals surface area contributed by atoms with E-state index in [-0.39, 0.29) is 35.5 Å². The summed E-state index contributed by atoms with van der Waals surface area (Å²) >= 11 is 0. The van der Waals surface area contributed by atoms with Crippen LogP contribution in [0.15, 0.2) is 0 Å². The lowest BCUT2D eigenvalue weighted by Gasteiger charge is -2.27. The van der Waals surface area contributed by atoms with Crippen molar-refractivity contribution in [2.45, 2.75) is 47.1 Å². The van der Waals surface area contributed by atoms with Gasteiger partial charge in [0.1, 0.15) is 17.4 Å². The van der Waals surface area contributed by atoms with Gasteiger partial charge >= 0.3 is 11.8 Å². The van der Waals surface area contributed by atoms with E-state index in [1.807, 2.05) is 13.8 Å². The Morgan fingerprint density at radius 2 is 2.04 bits per heavy atom. The number of carbonyl (C=O) groups excluding carboxylic acids is 1. The molecule has 0 atom stereocenters. The molecular weight excluding hydrogens is 328 g/mol. The number of hydrogen-bond donors (Lipinski definition) is 1. The summed E-state index contributed by atoms with van der Waals surface area (Å²) in [6, 6.07) is 1.76. The van der Waals surface area contributed by atoms with Gasteiger partial charge in [-0.1, -0.05) is 13.8 Å². The van der Waals surface area contributed by atoms with E-state index in [9.17, 15) is 14.9 Å². The van der Waals surface area contributed by atoms with E-state index in [2.05, 4.69) is 15.4 Å². The first-order valence-electron chi connectivity index (χ1n) is 7.65. The van der Waals surface area contributed by atoms with Gasteiger partial charge < -0.3 is 4.74 Å². The lowest BCUT2D eigenvalue weighted by atomic mass is 10.2. The second-order valence-corrected chi connectivity index (χ2v) is 6.79. The molecule has 0 aliphatic carbocycles. The fourth-order valence-electron chi connectivity index (χ4n) is 1.97. The molecule has 0 saturated carbocycles. The first-order valence-corrected chi connectivity index (χ1v) is 7.65. The first-order chi connectivity index (χ1) is 11.4. The number of nitro groups is 1. The summed E-state index contributed by atoms with van der Waals surface area (Å²) in [5, 5.41) is 21.7. The summed E-state index contributed by atoms with van der Waals surface area (Å²) in [6.07, 6.45) is -0.780. The molecule has 1 amide bonds. The number of nitrogens with one attached hydrogen (secondary N) is 1. The van der Waals surface area contributed by atoms with Crippen molar-refractivity contribution in [2.24, 2.45) is 5.92 Å². The zero-order chi connectivity index (χ0) is 19.4. The number of anilines is 1. The van der Waals surface area contributed by atoms with Gasteiger partial charge in [0.15, 0.2) is 0 Å². The van der Waals surface area contributed by atoms with E-state index >= 15 is 0 Å². The molecule has 0 aliphatic heterocycles. The maximum atomic E-state index is 12.1. The maximum Gasteiger partial charge on any atom is 0.426 e. The van der Waals surface area contributed by atoms with Crippen molar-refractivity contribution >= 4 is 17.6 Å². The van der Waals surface area contributed by atoms with Crippen molar-refractivity contribution in [2.75, 3.05) is 11.6 Å². The number of aryl methyl sites for hydroxylation is 1. The van der Waals surface area contributed by atoms with Gasteiger partial charge in [0, 0.05) is 6.54 Å². The van der Waals surface area contributed by atoms with Crippen LogP contribution in [-0.4, -0.2) is 33.1 Å². The van der Waals surface area contributed by atoms with Crippen molar-refractivity contribution in [1.82, 2.24) is 15.4 Å². The Morgan fingerprint density at radius 1 is 1.44 bits per heavy atom. The third kappa shape index (κ3) is 5.87. The van der Waals surface area contributed by atoms with Crippen LogP contribution in [0.25, 0.3) is 0 Å². The van der Waals surface area contributed by atoms with Gasteiger partial charge in [-0.15, -0.1) is 0 Å². The number of ether oxygens (including phenoxy) is 1. The highest BCUT2D eigenvalue weighted by molar-refractivity contribution is 5.72. The summed E-state index contributed by atoms with van der Waals surface area (Å²) in [4.78, 5) is 30.6. The number of hydrazine groups is 1. The van der Waals surface area contributed by atoms with Gasteiger partial charge in [0.05, 0.1) is 4.92 Å². The summed E-state index contributed by atoms with van der Waals surface area (Å²) in [6.45, 7) is 10.5. The molecule has 0 aromatic carbocycles. The van der Waals surface area contributed by atoms with E-state index in [4.69, 9.17) is 10.00 Å². The van der Waals surface area contributed by atoms with Crippen molar-refractivity contribution in [3.05, 3.63) is 21.6 Å². The Hall–Kier alpha value is -2.96. The Balaban J connectivity index is 3.35. The third-order valence-corrected chi connectivity index (χ3v) is 2.75.